The van der Waals surface area contributed by atoms with E-state index in [4.69, 9.17) is 4.98 Å². The van der Waals surface area contributed by atoms with Gasteiger partial charge in [-0.15, -0.1) is 5.10 Å². The van der Waals surface area contributed by atoms with E-state index in [-0.39, 0.29) is 25.1 Å². The number of pyridine rings is 1. The average Bonchev–Trinajstić information content (AvgIpc) is 3.18. The molecule has 3 aromatic heterocycles. The maximum atomic E-state index is 13.1. The van der Waals surface area contributed by atoms with Gasteiger partial charge in [-0.05, 0) is 39.0 Å². The summed E-state index contributed by atoms with van der Waals surface area (Å²) in [5.41, 5.74) is 2.73. The van der Waals surface area contributed by atoms with Crippen LogP contribution in [0, 0.1) is 5.41 Å². The molecular formula is C22H25F4N7. The third kappa shape index (κ3) is 4.68. The van der Waals surface area contributed by atoms with Crippen LogP contribution in [-0.4, -0.2) is 57.3 Å². The Labute approximate surface area is 188 Å². The Morgan fingerprint density at radius 3 is 2.70 bits per heavy atom. The summed E-state index contributed by atoms with van der Waals surface area (Å²) in [6.07, 6.45) is -0.475. The second-order valence-corrected chi connectivity index (χ2v) is 8.69. The molecule has 2 N–H and O–H groups in total. The molecule has 0 aromatic carbocycles. The lowest BCUT2D eigenvalue weighted by molar-refractivity contribution is -0.206. The quantitative estimate of drug-likeness (QED) is 0.509. The molecule has 11 heteroatoms. The summed E-state index contributed by atoms with van der Waals surface area (Å²) < 4.78 is 53.4. The summed E-state index contributed by atoms with van der Waals surface area (Å²) in [7, 11) is 0. The lowest BCUT2D eigenvalue weighted by Gasteiger charge is -2.27. The van der Waals surface area contributed by atoms with Gasteiger partial charge in [0.1, 0.15) is 6.67 Å². The van der Waals surface area contributed by atoms with Gasteiger partial charge in [-0.3, -0.25) is 9.98 Å². The number of hydrogen-bond donors (Lipinski definition) is 2. The van der Waals surface area contributed by atoms with E-state index in [9.17, 15) is 17.6 Å². The van der Waals surface area contributed by atoms with E-state index in [1.54, 1.807) is 16.9 Å². The molecule has 0 saturated heterocycles. The van der Waals surface area contributed by atoms with Crippen LogP contribution in [0.15, 0.2) is 35.6 Å². The van der Waals surface area contributed by atoms with Crippen molar-refractivity contribution in [2.24, 2.45) is 10.4 Å². The Balaban J connectivity index is 1.57. The van der Waals surface area contributed by atoms with Gasteiger partial charge in [0, 0.05) is 37.0 Å². The Morgan fingerprint density at radius 1 is 1.18 bits per heavy atom. The lowest BCUT2D eigenvalue weighted by atomic mass is 9.93. The summed E-state index contributed by atoms with van der Waals surface area (Å²) in [6.45, 7) is 3.61. The van der Waals surface area contributed by atoms with Crippen LogP contribution in [-0.2, 0) is 6.42 Å². The van der Waals surface area contributed by atoms with Gasteiger partial charge in [0.15, 0.2) is 0 Å². The van der Waals surface area contributed by atoms with Crippen molar-refractivity contribution in [3.8, 4) is 11.3 Å². The zero-order chi connectivity index (χ0) is 23.8. The fourth-order valence-electron chi connectivity index (χ4n) is 3.55. The minimum Gasteiger partial charge on any atom is -0.352 e. The molecule has 0 saturated carbocycles. The largest absolute Gasteiger partial charge is 0.395 e. The highest BCUT2D eigenvalue weighted by atomic mass is 19.4. The number of hydrogen-bond acceptors (Lipinski definition) is 6. The summed E-state index contributed by atoms with van der Waals surface area (Å²) in [5, 5.41) is 10.1. The summed E-state index contributed by atoms with van der Waals surface area (Å²) in [5.74, 6) is 0.104. The Bertz CT molecular complexity index is 1180. The molecule has 0 fully saturated rings. The highest BCUT2D eigenvalue weighted by molar-refractivity contribution is 5.92. The molecule has 4 heterocycles. The first-order valence-corrected chi connectivity index (χ1v) is 10.6. The fourth-order valence-corrected chi connectivity index (χ4v) is 3.55. The smallest absolute Gasteiger partial charge is 0.352 e. The first-order chi connectivity index (χ1) is 15.6. The zero-order valence-electron chi connectivity index (χ0n) is 18.5. The molecule has 176 valence electrons. The van der Waals surface area contributed by atoms with Gasteiger partial charge >= 0.3 is 6.18 Å². The molecule has 1 atom stereocenters. The fraction of sp³-hybridized carbons (Fsp3) is 0.455. The molecular weight excluding hydrogens is 438 g/mol. The lowest BCUT2D eigenvalue weighted by Crippen LogP contribution is -2.40. The molecule has 1 unspecified atom stereocenters. The van der Waals surface area contributed by atoms with Gasteiger partial charge in [-0.1, -0.05) is 0 Å². The predicted octanol–water partition coefficient (Wildman–Crippen LogP) is 4.37. The maximum Gasteiger partial charge on any atom is 0.395 e. The number of anilines is 1. The number of fused-ring (bicyclic) bond motifs is 2. The Morgan fingerprint density at radius 2 is 1.97 bits per heavy atom. The van der Waals surface area contributed by atoms with Crippen LogP contribution in [0.1, 0.15) is 26.5 Å². The molecule has 0 aliphatic carbocycles. The minimum absolute atomic E-state index is 0.0697. The van der Waals surface area contributed by atoms with Crippen LogP contribution in [0.3, 0.4) is 0 Å². The van der Waals surface area contributed by atoms with Gasteiger partial charge in [0.2, 0.25) is 5.95 Å². The van der Waals surface area contributed by atoms with Crippen molar-refractivity contribution < 1.29 is 17.6 Å². The Kier molecular flexibility index (Phi) is 6.08. The Hall–Kier alpha value is -3.08. The highest BCUT2D eigenvalue weighted by Crippen LogP contribution is 2.37. The molecule has 1 aliphatic rings. The summed E-state index contributed by atoms with van der Waals surface area (Å²) in [6, 6.07) is 5.52. The van der Waals surface area contributed by atoms with E-state index in [1.807, 2.05) is 25.1 Å². The number of halogens is 4. The van der Waals surface area contributed by atoms with Crippen molar-refractivity contribution in [1.29, 1.82) is 0 Å². The van der Waals surface area contributed by atoms with E-state index in [0.29, 0.717) is 17.6 Å². The second-order valence-electron chi connectivity index (χ2n) is 8.69. The SMILES string of the molecule is CC1=Nc2ccc(-c3ccn4nc(NCC(C)(C)C(F)(F)F)ncc34)nc2CC1NCCF. The summed E-state index contributed by atoms with van der Waals surface area (Å²) in [4.78, 5) is 13.5. The molecule has 1 aliphatic heterocycles. The monoisotopic (exact) mass is 463 g/mol. The second kappa shape index (κ2) is 8.69. The number of alkyl halides is 4. The molecule has 0 radical (unpaired) electrons. The zero-order valence-corrected chi connectivity index (χ0v) is 18.5. The molecule has 0 spiro atoms. The third-order valence-corrected chi connectivity index (χ3v) is 5.78. The van der Waals surface area contributed by atoms with Crippen LogP contribution < -0.4 is 10.6 Å². The maximum absolute atomic E-state index is 13.1. The number of rotatable bonds is 7. The van der Waals surface area contributed by atoms with Gasteiger partial charge in [0.25, 0.3) is 0 Å². The standard InChI is InChI=1S/C22H25F4N7/c1-13-17(27-8-7-23)10-18-16(30-13)5-4-15(31-18)14-6-9-33-19(14)11-28-20(32-33)29-12-21(2,3)22(24,25)26/h4-6,9,11,17,27H,7-8,10,12H2,1-3H3,(H,29,32). The van der Waals surface area contributed by atoms with Crippen LogP contribution in [0.4, 0.5) is 29.2 Å². The minimum atomic E-state index is -4.34. The topological polar surface area (TPSA) is 79.5 Å². The molecule has 7 nitrogen and oxygen atoms in total. The average molecular weight is 463 g/mol. The van der Waals surface area contributed by atoms with E-state index in [2.05, 4.69) is 25.7 Å². The molecule has 33 heavy (non-hydrogen) atoms. The first kappa shape index (κ1) is 23.1. The number of aliphatic imine (C=N–C) groups is 1. The van der Waals surface area contributed by atoms with E-state index < -0.39 is 18.3 Å². The van der Waals surface area contributed by atoms with Crippen molar-refractivity contribution >= 4 is 22.9 Å². The van der Waals surface area contributed by atoms with Gasteiger partial charge in [-0.2, -0.15) is 13.2 Å². The predicted molar refractivity (Wildman–Crippen MR) is 119 cm³/mol. The number of nitrogens with zero attached hydrogens (tertiary/aromatic N) is 5. The molecule has 4 rings (SSSR count). The van der Waals surface area contributed by atoms with E-state index in [1.165, 1.54) is 0 Å². The number of aromatic nitrogens is 4. The first-order valence-electron chi connectivity index (χ1n) is 10.6. The van der Waals surface area contributed by atoms with Gasteiger partial charge in [0.05, 0.1) is 40.2 Å². The highest BCUT2D eigenvalue weighted by Gasteiger charge is 2.47. The van der Waals surface area contributed by atoms with Crippen molar-refractivity contribution in [3.05, 3.63) is 36.3 Å². The van der Waals surface area contributed by atoms with Crippen LogP contribution in [0.5, 0.6) is 0 Å². The van der Waals surface area contributed by atoms with E-state index in [0.717, 1.165) is 36.5 Å². The molecule has 0 bridgehead atoms. The summed E-state index contributed by atoms with van der Waals surface area (Å²) >= 11 is 0. The van der Waals surface area contributed by atoms with Gasteiger partial charge < -0.3 is 10.6 Å². The molecule has 3 aromatic rings. The van der Waals surface area contributed by atoms with Gasteiger partial charge in [-0.25, -0.2) is 13.9 Å². The van der Waals surface area contributed by atoms with Crippen molar-refractivity contribution in [3.63, 3.8) is 0 Å². The van der Waals surface area contributed by atoms with Crippen LogP contribution in [0.2, 0.25) is 0 Å². The van der Waals surface area contributed by atoms with Crippen molar-refractivity contribution in [1.82, 2.24) is 24.9 Å². The van der Waals surface area contributed by atoms with Crippen molar-refractivity contribution in [2.45, 2.75) is 39.4 Å². The van der Waals surface area contributed by atoms with Crippen LogP contribution in [0.25, 0.3) is 16.8 Å². The number of nitrogens with one attached hydrogen (secondary N) is 2. The third-order valence-electron chi connectivity index (χ3n) is 5.78. The normalized spacial score (nSPS) is 16.6. The van der Waals surface area contributed by atoms with Crippen LogP contribution >= 0.6 is 0 Å². The molecule has 0 amide bonds. The van der Waals surface area contributed by atoms with Crippen molar-refractivity contribution in [2.75, 3.05) is 25.1 Å². The van der Waals surface area contributed by atoms with E-state index >= 15 is 0 Å².